The molecule has 3 rings (SSSR count). The smallest absolute Gasteiger partial charge is 0.373 e. The molecule has 1 amide bonds. The average Bonchev–Trinajstić information content (AvgIpc) is 3.33. The van der Waals surface area contributed by atoms with Crippen molar-refractivity contribution in [2.45, 2.75) is 17.0 Å². The van der Waals surface area contributed by atoms with Gasteiger partial charge in [-0.15, -0.1) is 21.5 Å². The zero-order chi connectivity index (χ0) is 17.8. The van der Waals surface area contributed by atoms with E-state index in [1.165, 1.54) is 41.5 Å². The lowest BCUT2D eigenvalue weighted by Crippen LogP contribution is -2.09. The maximum Gasteiger partial charge on any atom is 0.373 e. The van der Waals surface area contributed by atoms with Gasteiger partial charge in [0.2, 0.25) is 10.9 Å². The standard InChI is InChI=1S/C15H13N3O4S3/c1-8-5-11(23-6-8)12(19)16-14-17-18-15(25-14)24-7-9-3-4-10(22-9)13(20)21-2/h3-6H,7H2,1-2H3,(H,16,17,19). The number of furan rings is 1. The van der Waals surface area contributed by atoms with Crippen molar-refractivity contribution in [3.63, 3.8) is 0 Å². The molecule has 0 atom stereocenters. The van der Waals surface area contributed by atoms with Crippen LogP contribution in [0.2, 0.25) is 0 Å². The highest BCUT2D eigenvalue weighted by Gasteiger charge is 2.14. The first-order valence-electron chi connectivity index (χ1n) is 7.05. The van der Waals surface area contributed by atoms with Gasteiger partial charge in [0.1, 0.15) is 5.76 Å². The van der Waals surface area contributed by atoms with Crippen molar-refractivity contribution in [3.8, 4) is 0 Å². The second-order valence-corrected chi connectivity index (χ2v) is 7.97. The number of aryl methyl sites for hydroxylation is 1. The van der Waals surface area contributed by atoms with E-state index in [9.17, 15) is 9.59 Å². The van der Waals surface area contributed by atoms with Crippen molar-refractivity contribution < 1.29 is 18.7 Å². The van der Waals surface area contributed by atoms with Crippen molar-refractivity contribution in [2.75, 3.05) is 12.4 Å². The number of thioether (sulfide) groups is 1. The lowest BCUT2D eigenvalue weighted by Gasteiger charge is -1.96. The topological polar surface area (TPSA) is 94.3 Å². The molecule has 0 unspecified atom stereocenters. The average molecular weight is 395 g/mol. The highest BCUT2D eigenvalue weighted by molar-refractivity contribution is 8.00. The van der Waals surface area contributed by atoms with E-state index in [0.29, 0.717) is 25.9 Å². The van der Waals surface area contributed by atoms with Crippen molar-refractivity contribution in [2.24, 2.45) is 0 Å². The normalized spacial score (nSPS) is 10.6. The fourth-order valence-corrected chi connectivity index (χ4v) is 4.26. The van der Waals surface area contributed by atoms with Crippen LogP contribution in [0.1, 0.15) is 31.6 Å². The summed E-state index contributed by atoms with van der Waals surface area (Å²) in [6.07, 6.45) is 0. The Bertz CT molecular complexity index is 899. The number of nitrogens with one attached hydrogen (secondary N) is 1. The van der Waals surface area contributed by atoms with Crippen LogP contribution in [0, 0.1) is 6.92 Å². The maximum absolute atomic E-state index is 12.1. The monoisotopic (exact) mass is 395 g/mol. The molecule has 3 aromatic heterocycles. The van der Waals surface area contributed by atoms with E-state index in [0.717, 1.165) is 5.56 Å². The summed E-state index contributed by atoms with van der Waals surface area (Å²) in [6, 6.07) is 5.10. The van der Waals surface area contributed by atoms with E-state index in [4.69, 9.17) is 4.42 Å². The van der Waals surface area contributed by atoms with E-state index in [-0.39, 0.29) is 11.7 Å². The lowest BCUT2D eigenvalue weighted by molar-refractivity contribution is 0.0563. The van der Waals surface area contributed by atoms with Crippen LogP contribution >= 0.6 is 34.4 Å². The summed E-state index contributed by atoms with van der Waals surface area (Å²) >= 11 is 4.07. The minimum absolute atomic E-state index is 0.162. The van der Waals surface area contributed by atoms with E-state index in [1.807, 2.05) is 18.4 Å². The minimum Gasteiger partial charge on any atom is -0.463 e. The van der Waals surface area contributed by atoms with Gasteiger partial charge in [-0.05, 0) is 36.1 Å². The Morgan fingerprint density at radius 2 is 2.20 bits per heavy atom. The summed E-state index contributed by atoms with van der Waals surface area (Å²) in [7, 11) is 1.30. The summed E-state index contributed by atoms with van der Waals surface area (Å²) in [6.45, 7) is 1.94. The number of hydrogen-bond acceptors (Lipinski definition) is 9. The van der Waals surface area contributed by atoms with Crippen LogP contribution in [0.3, 0.4) is 0 Å². The molecule has 3 heterocycles. The fraction of sp³-hybridized carbons (Fsp3) is 0.200. The largest absolute Gasteiger partial charge is 0.463 e. The quantitative estimate of drug-likeness (QED) is 0.385. The third-order valence-corrected chi connectivity index (χ3v) is 6.01. The predicted octanol–water partition coefficient (Wildman–Crippen LogP) is 3.83. The highest BCUT2D eigenvalue weighted by Crippen LogP contribution is 2.29. The van der Waals surface area contributed by atoms with Crippen molar-refractivity contribution in [3.05, 3.63) is 45.5 Å². The van der Waals surface area contributed by atoms with Crippen LogP contribution in [0.5, 0.6) is 0 Å². The molecule has 0 aromatic carbocycles. The SMILES string of the molecule is COC(=O)c1ccc(CSc2nnc(NC(=O)c3cc(C)cs3)s2)o1. The lowest BCUT2D eigenvalue weighted by atomic mass is 10.3. The molecular weight excluding hydrogens is 382 g/mol. The summed E-state index contributed by atoms with van der Waals surface area (Å²) in [4.78, 5) is 24.1. The van der Waals surface area contributed by atoms with Crippen molar-refractivity contribution in [1.29, 1.82) is 0 Å². The zero-order valence-corrected chi connectivity index (χ0v) is 15.7. The number of ether oxygens (including phenoxy) is 1. The number of hydrogen-bond donors (Lipinski definition) is 1. The van der Waals surface area contributed by atoms with Crippen LogP contribution in [-0.2, 0) is 10.5 Å². The first kappa shape index (κ1) is 17.6. The molecule has 0 fully saturated rings. The number of anilines is 1. The third-order valence-electron chi connectivity index (χ3n) is 2.97. The molecule has 7 nitrogen and oxygen atoms in total. The van der Waals surface area contributed by atoms with Crippen LogP contribution in [0.25, 0.3) is 0 Å². The summed E-state index contributed by atoms with van der Waals surface area (Å²) in [5.74, 6) is 0.569. The molecule has 1 N–H and O–H groups in total. The number of nitrogens with zero attached hydrogens (tertiary/aromatic N) is 2. The first-order valence-corrected chi connectivity index (χ1v) is 9.73. The van der Waals surface area contributed by atoms with E-state index >= 15 is 0 Å². The zero-order valence-electron chi connectivity index (χ0n) is 13.3. The molecule has 0 saturated carbocycles. The summed E-state index contributed by atoms with van der Waals surface area (Å²) in [5, 5.41) is 13.1. The molecule has 3 aromatic rings. The molecule has 25 heavy (non-hydrogen) atoms. The van der Waals surface area contributed by atoms with Crippen LogP contribution in [-0.4, -0.2) is 29.2 Å². The Kier molecular flexibility index (Phi) is 5.51. The van der Waals surface area contributed by atoms with Gasteiger partial charge in [-0.1, -0.05) is 23.1 Å². The summed E-state index contributed by atoms with van der Waals surface area (Å²) < 4.78 is 10.7. The Hall–Kier alpha value is -2.17. The fourth-order valence-electron chi connectivity index (χ4n) is 1.83. The van der Waals surface area contributed by atoms with Crippen LogP contribution < -0.4 is 5.32 Å². The van der Waals surface area contributed by atoms with Gasteiger partial charge in [0.05, 0.1) is 17.7 Å². The Morgan fingerprint density at radius 3 is 2.92 bits per heavy atom. The van der Waals surface area contributed by atoms with Gasteiger partial charge in [0, 0.05) is 0 Å². The third kappa shape index (κ3) is 4.47. The van der Waals surface area contributed by atoms with Gasteiger partial charge in [-0.3, -0.25) is 10.1 Å². The van der Waals surface area contributed by atoms with Gasteiger partial charge >= 0.3 is 5.97 Å². The number of aromatic nitrogens is 2. The van der Waals surface area contributed by atoms with Crippen molar-refractivity contribution >= 4 is 51.4 Å². The molecule has 0 radical (unpaired) electrons. The number of thiophene rings is 1. The molecule has 0 aliphatic carbocycles. The molecule has 0 spiro atoms. The van der Waals surface area contributed by atoms with Crippen LogP contribution in [0.4, 0.5) is 5.13 Å². The number of carbonyl (C=O) groups is 2. The van der Waals surface area contributed by atoms with Gasteiger partial charge in [-0.25, -0.2) is 4.79 Å². The second-order valence-electron chi connectivity index (χ2n) is 4.86. The molecule has 10 heteroatoms. The van der Waals surface area contributed by atoms with Gasteiger partial charge in [0.25, 0.3) is 5.91 Å². The number of esters is 1. The van der Waals surface area contributed by atoms with Gasteiger partial charge in [0.15, 0.2) is 4.34 Å². The number of rotatable bonds is 6. The van der Waals surface area contributed by atoms with Crippen LogP contribution in [0.15, 0.2) is 32.3 Å². The van der Waals surface area contributed by atoms with Crippen molar-refractivity contribution in [1.82, 2.24) is 10.2 Å². The van der Waals surface area contributed by atoms with Gasteiger partial charge in [-0.2, -0.15) is 0 Å². The molecule has 0 aliphatic rings. The number of carbonyl (C=O) groups excluding carboxylic acids is 2. The molecule has 130 valence electrons. The Balaban J connectivity index is 1.55. The molecule has 0 bridgehead atoms. The highest BCUT2D eigenvalue weighted by atomic mass is 32.2. The number of methoxy groups -OCH3 is 1. The van der Waals surface area contributed by atoms with Gasteiger partial charge < -0.3 is 9.15 Å². The molecular formula is C15H13N3O4S3. The molecule has 0 saturated heterocycles. The Morgan fingerprint density at radius 1 is 1.36 bits per heavy atom. The second kappa shape index (κ2) is 7.81. The van der Waals surface area contributed by atoms with E-state index in [2.05, 4.69) is 20.3 Å². The maximum atomic E-state index is 12.1. The van der Waals surface area contributed by atoms with E-state index in [1.54, 1.807) is 12.1 Å². The summed E-state index contributed by atoms with van der Waals surface area (Å²) in [5.41, 5.74) is 1.05. The minimum atomic E-state index is -0.513. The predicted molar refractivity (Wildman–Crippen MR) is 96.5 cm³/mol. The van der Waals surface area contributed by atoms with E-state index < -0.39 is 5.97 Å². The Labute approximate surface area is 155 Å². The number of amides is 1. The first-order chi connectivity index (χ1) is 12.0. The molecule has 0 aliphatic heterocycles.